The Kier molecular flexibility index (Phi) is 5.93. The second kappa shape index (κ2) is 7.92. The Balaban J connectivity index is 2.23. The van der Waals surface area contributed by atoms with Crippen LogP contribution >= 0.6 is 23.5 Å². The molecule has 0 spiro atoms. The molecule has 5 heteroatoms. The molecule has 0 unspecified atom stereocenters. The van der Waals surface area contributed by atoms with Crippen molar-refractivity contribution < 1.29 is 0 Å². The molecule has 0 N–H and O–H groups in total. The largest absolute Gasteiger partial charge is 0.261 e. The van der Waals surface area contributed by atoms with Gasteiger partial charge in [0.15, 0.2) is 11.4 Å². The predicted molar refractivity (Wildman–Crippen MR) is 95.7 cm³/mol. The van der Waals surface area contributed by atoms with E-state index in [4.69, 9.17) is 5.26 Å². The standard InChI is InChI=1S/C17H17N3S2/c1-13-11-14(19-17(21-3)20(2)12-18)9-10-16(13)22-15-7-5-4-6-8-15/h4-11H,1-3H3/b19-17-. The van der Waals surface area contributed by atoms with Gasteiger partial charge in [0.25, 0.3) is 0 Å². The molecule has 0 saturated heterocycles. The molecular weight excluding hydrogens is 310 g/mol. The number of hydrogen-bond donors (Lipinski definition) is 0. The van der Waals surface area contributed by atoms with E-state index in [9.17, 15) is 0 Å². The van der Waals surface area contributed by atoms with Gasteiger partial charge in [0.2, 0.25) is 0 Å². The molecule has 0 saturated carbocycles. The number of hydrogen-bond acceptors (Lipinski definition) is 4. The van der Waals surface area contributed by atoms with Crippen LogP contribution < -0.4 is 0 Å². The maximum atomic E-state index is 8.96. The van der Waals surface area contributed by atoms with Gasteiger partial charge >= 0.3 is 0 Å². The number of rotatable bonds is 3. The molecule has 0 aliphatic carbocycles. The Morgan fingerprint density at radius 3 is 2.50 bits per heavy atom. The van der Waals surface area contributed by atoms with Crippen molar-refractivity contribution in [2.75, 3.05) is 13.3 Å². The van der Waals surface area contributed by atoms with Gasteiger partial charge in [0, 0.05) is 16.8 Å². The van der Waals surface area contributed by atoms with E-state index in [0.717, 1.165) is 5.69 Å². The minimum atomic E-state index is 0.686. The van der Waals surface area contributed by atoms with Crippen LogP contribution in [-0.2, 0) is 0 Å². The lowest BCUT2D eigenvalue weighted by Crippen LogP contribution is -2.17. The van der Waals surface area contributed by atoms with Gasteiger partial charge in [-0.05, 0) is 49.1 Å². The zero-order valence-corrected chi connectivity index (χ0v) is 14.4. The summed E-state index contributed by atoms with van der Waals surface area (Å²) in [6.07, 6.45) is 3.99. The van der Waals surface area contributed by atoms with Crippen LogP contribution in [0.3, 0.4) is 0 Å². The van der Waals surface area contributed by atoms with E-state index >= 15 is 0 Å². The van der Waals surface area contributed by atoms with E-state index < -0.39 is 0 Å². The summed E-state index contributed by atoms with van der Waals surface area (Å²) in [6.45, 7) is 2.08. The average molecular weight is 327 g/mol. The van der Waals surface area contributed by atoms with Gasteiger partial charge in [0.05, 0.1) is 5.69 Å². The van der Waals surface area contributed by atoms with Crippen molar-refractivity contribution in [1.82, 2.24) is 4.90 Å². The topological polar surface area (TPSA) is 39.4 Å². The fraction of sp³-hybridized carbons (Fsp3) is 0.176. The van der Waals surface area contributed by atoms with Gasteiger partial charge in [0.1, 0.15) is 0 Å². The first-order valence-electron chi connectivity index (χ1n) is 6.73. The van der Waals surface area contributed by atoms with Crippen LogP contribution in [0, 0.1) is 18.4 Å². The SMILES string of the molecule is CS/C(=N\c1ccc(Sc2ccccc2)c(C)c1)N(C)C#N. The fourth-order valence-corrected chi connectivity index (χ4v) is 3.26. The molecule has 0 atom stereocenters. The van der Waals surface area contributed by atoms with Gasteiger partial charge in [-0.15, -0.1) is 0 Å². The van der Waals surface area contributed by atoms with Crippen molar-refractivity contribution in [1.29, 1.82) is 5.26 Å². The minimum Gasteiger partial charge on any atom is -0.261 e. The lowest BCUT2D eigenvalue weighted by molar-refractivity contribution is 0.726. The first-order valence-corrected chi connectivity index (χ1v) is 8.78. The summed E-state index contributed by atoms with van der Waals surface area (Å²) in [5.74, 6) is 0. The number of aryl methyl sites for hydroxylation is 1. The van der Waals surface area contributed by atoms with Crippen molar-refractivity contribution in [3.8, 4) is 6.19 Å². The van der Waals surface area contributed by atoms with Crippen molar-refractivity contribution in [3.63, 3.8) is 0 Å². The highest BCUT2D eigenvalue weighted by Gasteiger charge is 2.06. The highest BCUT2D eigenvalue weighted by atomic mass is 32.2. The summed E-state index contributed by atoms with van der Waals surface area (Å²) in [5.41, 5.74) is 2.04. The third-order valence-corrected chi connectivity index (χ3v) is 4.89. The number of aliphatic imine (C=N–C) groups is 1. The molecule has 3 nitrogen and oxygen atoms in total. The number of nitrogens with zero attached hydrogens (tertiary/aromatic N) is 3. The summed E-state index contributed by atoms with van der Waals surface area (Å²) in [7, 11) is 1.71. The summed E-state index contributed by atoms with van der Waals surface area (Å²) in [6, 6.07) is 16.4. The maximum Gasteiger partial charge on any atom is 0.185 e. The van der Waals surface area contributed by atoms with E-state index in [-0.39, 0.29) is 0 Å². The van der Waals surface area contributed by atoms with E-state index in [1.54, 1.807) is 18.8 Å². The van der Waals surface area contributed by atoms with Crippen LogP contribution in [0.5, 0.6) is 0 Å². The summed E-state index contributed by atoms with van der Waals surface area (Å²) in [4.78, 5) is 8.43. The Labute approximate surface area is 140 Å². The molecule has 0 amide bonds. The third kappa shape index (κ3) is 4.30. The quantitative estimate of drug-likeness (QED) is 0.347. The van der Waals surface area contributed by atoms with E-state index in [2.05, 4.69) is 36.3 Å². The molecule has 0 aliphatic rings. The predicted octanol–water partition coefficient (Wildman–Crippen LogP) is 4.91. The zero-order valence-electron chi connectivity index (χ0n) is 12.8. The lowest BCUT2D eigenvalue weighted by Gasteiger charge is -2.11. The van der Waals surface area contributed by atoms with Gasteiger partial charge in [-0.2, -0.15) is 5.26 Å². The van der Waals surface area contributed by atoms with Crippen molar-refractivity contribution in [2.45, 2.75) is 16.7 Å². The van der Waals surface area contributed by atoms with Crippen molar-refractivity contribution in [2.24, 2.45) is 4.99 Å². The van der Waals surface area contributed by atoms with Crippen LogP contribution in [0.2, 0.25) is 0 Å². The third-order valence-electron chi connectivity index (χ3n) is 2.97. The summed E-state index contributed by atoms with van der Waals surface area (Å²) < 4.78 is 0. The zero-order chi connectivity index (χ0) is 15.9. The molecule has 2 aromatic carbocycles. The van der Waals surface area contributed by atoms with E-state index in [1.165, 1.54) is 32.0 Å². The number of thioether (sulfide) groups is 1. The smallest absolute Gasteiger partial charge is 0.185 e. The normalized spacial score (nSPS) is 11.1. The Morgan fingerprint density at radius 2 is 1.91 bits per heavy atom. The minimum absolute atomic E-state index is 0.686. The van der Waals surface area contributed by atoms with Crippen LogP contribution in [0.25, 0.3) is 0 Å². The second-order valence-electron chi connectivity index (χ2n) is 4.62. The molecule has 112 valence electrons. The molecule has 0 aliphatic heterocycles. The van der Waals surface area contributed by atoms with Crippen LogP contribution in [0.15, 0.2) is 63.3 Å². The molecule has 2 rings (SSSR count). The monoisotopic (exact) mass is 327 g/mol. The lowest BCUT2D eigenvalue weighted by atomic mass is 10.2. The average Bonchev–Trinajstić information content (AvgIpc) is 2.55. The highest BCUT2D eigenvalue weighted by molar-refractivity contribution is 8.13. The van der Waals surface area contributed by atoms with Crippen LogP contribution in [0.1, 0.15) is 5.56 Å². The Hall–Kier alpha value is -1.90. The van der Waals surface area contributed by atoms with E-state index in [0.29, 0.717) is 5.17 Å². The van der Waals surface area contributed by atoms with E-state index in [1.807, 2.05) is 36.6 Å². The molecule has 0 fully saturated rings. The van der Waals surface area contributed by atoms with Crippen LogP contribution in [-0.4, -0.2) is 23.4 Å². The van der Waals surface area contributed by atoms with Gasteiger partial charge in [-0.25, -0.2) is 4.99 Å². The highest BCUT2D eigenvalue weighted by Crippen LogP contribution is 2.32. The Morgan fingerprint density at radius 1 is 1.18 bits per heavy atom. The van der Waals surface area contributed by atoms with Crippen molar-refractivity contribution >= 4 is 34.4 Å². The molecule has 0 radical (unpaired) electrons. The maximum absolute atomic E-state index is 8.96. The first-order chi connectivity index (χ1) is 10.6. The van der Waals surface area contributed by atoms with Gasteiger partial charge in [-0.1, -0.05) is 41.7 Å². The summed E-state index contributed by atoms with van der Waals surface area (Å²) >= 11 is 3.20. The first kappa shape index (κ1) is 16.5. The van der Waals surface area contributed by atoms with Crippen molar-refractivity contribution in [3.05, 3.63) is 54.1 Å². The molecule has 0 aromatic heterocycles. The Bertz CT molecular complexity index is 706. The number of benzene rings is 2. The molecule has 22 heavy (non-hydrogen) atoms. The summed E-state index contributed by atoms with van der Waals surface area (Å²) in [5, 5.41) is 9.64. The van der Waals surface area contributed by atoms with Gasteiger partial charge in [-0.3, -0.25) is 4.90 Å². The molecular formula is C17H17N3S2. The van der Waals surface area contributed by atoms with Crippen LogP contribution in [0.4, 0.5) is 5.69 Å². The number of amidine groups is 1. The second-order valence-corrected chi connectivity index (χ2v) is 6.51. The van der Waals surface area contributed by atoms with Gasteiger partial charge < -0.3 is 0 Å². The molecule has 2 aromatic rings. The molecule has 0 heterocycles. The molecule has 0 bridgehead atoms. The fourth-order valence-electron chi connectivity index (χ4n) is 1.84. The number of nitriles is 1.